The molecule has 1 aliphatic rings. The van der Waals surface area contributed by atoms with Crippen molar-refractivity contribution in [3.63, 3.8) is 0 Å². The largest absolute Gasteiger partial charge is 0.300 e. The van der Waals surface area contributed by atoms with Crippen molar-refractivity contribution in [2.75, 3.05) is 19.6 Å². The van der Waals surface area contributed by atoms with Crippen molar-refractivity contribution < 1.29 is 0 Å². The summed E-state index contributed by atoms with van der Waals surface area (Å²) >= 11 is 0. The number of rotatable bonds is 4. The molecule has 1 rings (SSSR count). The molecular formula is C13H25N3. The van der Waals surface area contributed by atoms with Crippen LogP contribution in [0.25, 0.3) is 0 Å². The summed E-state index contributed by atoms with van der Waals surface area (Å²) in [4.78, 5) is 2.42. The first-order valence-corrected chi connectivity index (χ1v) is 6.31. The molecule has 0 bridgehead atoms. The molecule has 16 heavy (non-hydrogen) atoms. The van der Waals surface area contributed by atoms with Crippen LogP contribution in [0.15, 0.2) is 0 Å². The van der Waals surface area contributed by atoms with Crippen LogP contribution in [0, 0.1) is 16.7 Å². The van der Waals surface area contributed by atoms with E-state index in [1.807, 2.05) is 0 Å². The lowest BCUT2D eigenvalue weighted by molar-refractivity contribution is 0.112. The maximum Gasteiger partial charge on any atom is 0.108 e. The number of hydrogen-bond donors (Lipinski definition) is 1. The third-order valence-corrected chi connectivity index (χ3v) is 3.11. The molecule has 0 aromatic carbocycles. The smallest absolute Gasteiger partial charge is 0.108 e. The highest BCUT2D eigenvalue weighted by Crippen LogP contribution is 2.28. The van der Waals surface area contributed by atoms with Crippen molar-refractivity contribution in [3.05, 3.63) is 0 Å². The Kier molecular flexibility index (Phi) is 4.76. The van der Waals surface area contributed by atoms with Crippen molar-refractivity contribution in [1.82, 2.24) is 10.2 Å². The van der Waals surface area contributed by atoms with Crippen LogP contribution in [0.2, 0.25) is 0 Å². The number of nitrogens with one attached hydrogen (secondary N) is 1. The topological polar surface area (TPSA) is 39.1 Å². The summed E-state index contributed by atoms with van der Waals surface area (Å²) in [6, 6.07) is 2.70. The normalized spacial score (nSPS) is 23.0. The van der Waals surface area contributed by atoms with Gasteiger partial charge in [0.1, 0.15) is 6.04 Å². The minimum Gasteiger partial charge on any atom is -0.300 e. The Morgan fingerprint density at radius 3 is 2.62 bits per heavy atom. The SMILES string of the molecule is CC(C)NC(C#N)CN1CCCC(C)(C)C1. The van der Waals surface area contributed by atoms with Gasteiger partial charge in [-0.15, -0.1) is 0 Å². The van der Waals surface area contributed by atoms with Gasteiger partial charge in [-0.05, 0) is 38.6 Å². The fourth-order valence-corrected chi connectivity index (χ4v) is 2.49. The molecule has 1 fully saturated rings. The van der Waals surface area contributed by atoms with Crippen LogP contribution < -0.4 is 5.32 Å². The lowest BCUT2D eigenvalue weighted by Crippen LogP contribution is -2.48. The Morgan fingerprint density at radius 1 is 1.44 bits per heavy atom. The highest BCUT2D eigenvalue weighted by molar-refractivity contribution is 4.94. The first-order valence-electron chi connectivity index (χ1n) is 6.31. The molecule has 3 nitrogen and oxygen atoms in total. The second kappa shape index (κ2) is 5.65. The lowest BCUT2D eigenvalue weighted by atomic mass is 9.84. The van der Waals surface area contributed by atoms with Gasteiger partial charge in [0, 0.05) is 19.1 Å². The summed E-state index contributed by atoms with van der Waals surface area (Å²) in [7, 11) is 0. The zero-order chi connectivity index (χ0) is 12.2. The van der Waals surface area contributed by atoms with Gasteiger partial charge in [0.05, 0.1) is 6.07 Å². The molecular weight excluding hydrogens is 198 g/mol. The van der Waals surface area contributed by atoms with E-state index in [2.05, 4.69) is 44.0 Å². The van der Waals surface area contributed by atoms with Crippen molar-refractivity contribution >= 4 is 0 Å². The van der Waals surface area contributed by atoms with Crippen LogP contribution in [0.4, 0.5) is 0 Å². The van der Waals surface area contributed by atoms with Crippen LogP contribution >= 0.6 is 0 Å². The molecule has 1 heterocycles. The van der Waals surface area contributed by atoms with Gasteiger partial charge in [-0.2, -0.15) is 5.26 Å². The van der Waals surface area contributed by atoms with Gasteiger partial charge in [-0.1, -0.05) is 13.8 Å². The molecule has 1 aliphatic heterocycles. The van der Waals surface area contributed by atoms with E-state index in [1.54, 1.807) is 0 Å². The minimum absolute atomic E-state index is 0.0334. The Labute approximate surface area is 99.8 Å². The van der Waals surface area contributed by atoms with E-state index in [4.69, 9.17) is 5.26 Å². The van der Waals surface area contributed by atoms with E-state index in [1.165, 1.54) is 12.8 Å². The number of nitriles is 1. The summed E-state index contributed by atoms with van der Waals surface area (Å²) in [5.41, 5.74) is 0.413. The van der Waals surface area contributed by atoms with E-state index in [0.29, 0.717) is 11.5 Å². The lowest BCUT2D eigenvalue weighted by Gasteiger charge is -2.39. The molecule has 0 aromatic rings. The second-order valence-corrected chi connectivity index (χ2v) is 6.01. The van der Waals surface area contributed by atoms with Crippen molar-refractivity contribution in [2.24, 2.45) is 5.41 Å². The first-order chi connectivity index (χ1) is 7.43. The number of likely N-dealkylation sites (tertiary alicyclic amines) is 1. The van der Waals surface area contributed by atoms with Crippen molar-refractivity contribution in [2.45, 2.75) is 52.6 Å². The summed E-state index contributed by atoms with van der Waals surface area (Å²) in [5.74, 6) is 0. The highest BCUT2D eigenvalue weighted by atomic mass is 15.2. The molecule has 0 aliphatic carbocycles. The molecule has 3 heteroatoms. The molecule has 1 atom stereocenters. The Hall–Kier alpha value is -0.590. The third-order valence-electron chi connectivity index (χ3n) is 3.11. The molecule has 0 aromatic heterocycles. The molecule has 1 N–H and O–H groups in total. The van der Waals surface area contributed by atoms with E-state index in [-0.39, 0.29) is 6.04 Å². The molecule has 0 radical (unpaired) electrons. The number of hydrogen-bond acceptors (Lipinski definition) is 3. The van der Waals surface area contributed by atoms with Crippen LogP contribution in [0.1, 0.15) is 40.5 Å². The molecule has 92 valence electrons. The van der Waals surface area contributed by atoms with Crippen LogP contribution in [0.3, 0.4) is 0 Å². The fourth-order valence-electron chi connectivity index (χ4n) is 2.49. The molecule has 0 amide bonds. The minimum atomic E-state index is -0.0334. The standard InChI is InChI=1S/C13H25N3/c1-11(2)15-12(8-14)9-16-7-5-6-13(3,4)10-16/h11-12,15H,5-7,9-10H2,1-4H3. The van der Waals surface area contributed by atoms with Crippen LogP contribution in [-0.4, -0.2) is 36.6 Å². The zero-order valence-corrected chi connectivity index (χ0v) is 11.1. The Bertz CT molecular complexity index is 252. The number of piperidine rings is 1. The summed E-state index contributed by atoms with van der Waals surface area (Å²) in [6.45, 7) is 11.9. The molecule has 0 spiro atoms. The Balaban J connectivity index is 2.43. The van der Waals surface area contributed by atoms with Gasteiger partial charge < -0.3 is 4.90 Å². The average molecular weight is 223 g/mol. The van der Waals surface area contributed by atoms with Gasteiger partial charge in [-0.25, -0.2) is 0 Å². The first kappa shape index (κ1) is 13.5. The summed E-state index contributed by atoms with van der Waals surface area (Å²) in [5, 5.41) is 12.4. The van der Waals surface area contributed by atoms with Crippen LogP contribution in [-0.2, 0) is 0 Å². The van der Waals surface area contributed by atoms with E-state index in [9.17, 15) is 0 Å². The summed E-state index contributed by atoms with van der Waals surface area (Å²) in [6.07, 6.45) is 2.56. The molecule has 1 unspecified atom stereocenters. The highest BCUT2D eigenvalue weighted by Gasteiger charge is 2.27. The maximum atomic E-state index is 9.10. The molecule has 0 saturated carbocycles. The quantitative estimate of drug-likeness (QED) is 0.792. The predicted molar refractivity (Wildman–Crippen MR) is 67.1 cm³/mol. The maximum absolute atomic E-state index is 9.10. The molecule has 1 saturated heterocycles. The van der Waals surface area contributed by atoms with Crippen LogP contribution in [0.5, 0.6) is 0 Å². The predicted octanol–water partition coefficient (Wildman–Crippen LogP) is 2.00. The van der Waals surface area contributed by atoms with Crippen molar-refractivity contribution in [1.29, 1.82) is 5.26 Å². The fraction of sp³-hybridized carbons (Fsp3) is 0.923. The summed E-state index contributed by atoms with van der Waals surface area (Å²) < 4.78 is 0. The van der Waals surface area contributed by atoms with Gasteiger partial charge >= 0.3 is 0 Å². The third kappa shape index (κ3) is 4.51. The van der Waals surface area contributed by atoms with E-state index < -0.39 is 0 Å². The Morgan fingerprint density at radius 2 is 2.12 bits per heavy atom. The monoisotopic (exact) mass is 223 g/mol. The van der Waals surface area contributed by atoms with E-state index >= 15 is 0 Å². The second-order valence-electron chi connectivity index (χ2n) is 6.01. The van der Waals surface area contributed by atoms with Gasteiger partial charge in [0.2, 0.25) is 0 Å². The van der Waals surface area contributed by atoms with Crippen molar-refractivity contribution in [3.8, 4) is 6.07 Å². The zero-order valence-electron chi connectivity index (χ0n) is 11.1. The van der Waals surface area contributed by atoms with E-state index in [0.717, 1.165) is 19.6 Å². The van der Waals surface area contributed by atoms with Gasteiger partial charge in [0.25, 0.3) is 0 Å². The van der Waals surface area contributed by atoms with Gasteiger partial charge in [-0.3, -0.25) is 5.32 Å². The van der Waals surface area contributed by atoms with Gasteiger partial charge in [0.15, 0.2) is 0 Å². The average Bonchev–Trinajstić information content (AvgIpc) is 2.14. The number of nitrogens with zero attached hydrogens (tertiary/aromatic N) is 2.